The molecule has 0 aromatic heterocycles. The predicted octanol–water partition coefficient (Wildman–Crippen LogP) is 3.75. The molecule has 1 aliphatic heterocycles. The molecule has 6 nitrogen and oxygen atoms in total. The van der Waals surface area contributed by atoms with Gasteiger partial charge < -0.3 is 15.1 Å². The van der Waals surface area contributed by atoms with Crippen LogP contribution in [0.5, 0.6) is 0 Å². The van der Waals surface area contributed by atoms with E-state index in [1.165, 1.54) is 17.0 Å². The average Bonchev–Trinajstić information content (AvgIpc) is 2.81. The van der Waals surface area contributed by atoms with Gasteiger partial charge in [0, 0.05) is 31.7 Å². The summed E-state index contributed by atoms with van der Waals surface area (Å²) >= 11 is 0. The van der Waals surface area contributed by atoms with Crippen molar-refractivity contribution in [3.8, 4) is 0 Å². The fourth-order valence-corrected chi connectivity index (χ4v) is 3.94. The largest absolute Gasteiger partial charge is 0.417 e. The lowest BCUT2D eigenvalue weighted by Crippen LogP contribution is -2.57. The first-order valence-corrected chi connectivity index (χ1v) is 11.1. The van der Waals surface area contributed by atoms with Crippen LogP contribution in [0.25, 0.3) is 0 Å². The van der Waals surface area contributed by atoms with E-state index >= 15 is 0 Å². The molecule has 2 aromatic carbocycles. The Morgan fingerprint density at radius 1 is 0.912 bits per heavy atom. The van der Waals surface area contributed by atoms with Crippen molar-refractivity contribution < 1.29 is 27.6 Å². The zero-order valence-corrected chi connectivity index (χ0v) is 19.4. The van der Waals surface area contributed by atoms with Gasteiger partial charge in [-0.1, -0.05) is 43.7 Å². The summed E-state index contributed by atoms with van der Waals surface area (Å²) in [6.45, 7) is 6.07. The number of amides is 3. The van der Waals surface area contributed by atoms with Crippen LogP contribution in [0.3, 0.4) is 0 Å². The van der Waals surface area contributed by atoms with Gasteiger partial charge >= 0.3 is 6.18 Å². The standard InChI is InChI=1S/C25H28F3N3O3/c1-16(2)21(29-22(32)18-8-6-7-17(3)15-18)24(34)31-13-11-30(12-14-31)23(33)19-9-4-5-10-20(19)25(26,27)28/h4-10,15-16,21H,11-14H2,1-3H3,(H,29,32). The van der Waals surface area contributed by atoms with Crippen LogP contribution in [0, 0.1) is 12.8 Å². The maximum Gasteiger partial charge on any atom is 0.417 e. The van der Waals surface area contributed by atoms with Gasteiger partial charge in [0.25, 0.3) is 11.8 Å². The summed E-state index contributed by atoms with van der Waals surface area (Å²) in [4.78, 5) is 41.5. The molecule has 1 aliphatic rings. The monoisotopic (exact) mass is 475 g/mol. The molecule has 3 rings (SSSR count). The second-order valence-corrected chi connectivity index (χ2v) is 8.73. The number of carbonyl (C=O) groups excluding carboxylic acids is 3. The van der Waals surface area contributed by atoms with E-state index < -0.39 is 29.3 Å². The normalized spacial score (nSPS) is 15.3. The highest BCUT2D eigenvalue weighted by atomic mass is 19.4. The molecule has 9 heteroatoms. The number of benzene rings is 2. The van der Waals surface area contributed by atoms with E-state index in [-0.39, 0.29) is 43.9 Å². The molecular weight excluding hydrogens is 447 g/mol. The number of piperazine rings is 1. The minimum Gasteiger partial charge on any atom is -0.340 e. The Labute approximate surface area is 196 Å². The number of hydrogen-bond acceptors (Lipinski definition) is 3. The van der Waals surface area contributed by atoms with Crippen LogP contribution in [0.15, 0.2) is 48.5 Å². The molecule has 1 heterocycles. The summed E-state index contributed by atoms with van der Waals surface area (Å²) in [5.74, 6) is -1.53. The molecule has 1 saturated heterocycles. The van der Waals surface area contributed by atoms with Gasteiger partial charge in [0.05, 0.1) is 11.1 Å². The molecule has 0 saturated carbocycles. The summed E-state index contributed by atoms with van der Waals surface area (Å²) < 4.78 is 39.9. The van der Waals surface area contributed by atoms with Gasteiger partial charge in [0.2, 0.25) is 5.91 Å². The summed E-state index contributed by atoms with van der Waals surface area (Å²) in [6, 6.07) is 11.0. The van der Waals surface area contributed by atoms with Crippen LogP contribution in [0.4, 0.5) is 13.2 Å². The smallest absolute Gasteiger partial charge is 0.340 e. The van der Waals surface area contributed by atoms with Gasteiger partial charge in [-0.15, -0.1) is 0 Å². The van der Waals surface area contributed by atoms with Crippen LogP contribution in [-0.4, -0.2) is 59.7 Å². The molecule has 0 radical (unpaired) electrons. The van der Waals surface area contributed by atoms with E-state index in [1.807, 2.05) is 26.8 Å². The first-order valence-electron chi connectivity index (χ1n) is 11.1. The van der Waals surface area contributed by atoms with Crippen molar-refractivity contribution in [2.24, 2.45) is 5.92 Å². The molecule has 1 unspecified atom stereocenters. The van der Waals surface area contributed by atoms with Crippen LogP contribution >= 0.6 is 0 Å². The second kappa shape index (κ2) is 10.3. The van der Waals surface area contributed by atoms with E-state index in [0.29, 0.717) is 5.56 Å². The molecule has 0 bridgehead atoms. The summed E-state index contributed by atoms with van der Waals surface area (Å²) in [5.41, 5.74) is 0.00245. The van der Waals surface area contributed by atoms with Crippen molar-refractivity contribution >= 4 is 17.7 Å². The van der Waals surface area contributed by atoms with Crippen LogP contribution < -0.4 is 5.32 Å². The van der Waals surface area contributed by atoms with Crippen molar-refractivity contribution in [3.63, 3.8) is 0 Å². The van der Waals surface area contributed by atoms with E-state index in [9.17, 15) is 27.6 Å². The minimum atomic E-state index is -4.63. The SMILES string of the molecule is Cc1cccc(C(=O)NC(C(=O)N2CCN(C(=O)c3ccccc3C(F)(F)F)CC2)C(C)C)c1. The third-order valence-electron chi connectivity index (χ3n) is 5.84. The maximum absolute atomic E-state index is 13.3. The highest BCUT2D eigenvalue weighted by Crippen LogP contribution is 2.32. The van der Waals surface area contributed by atoms with Crippen molar-refractivity contribution in [1.29, 1.82) is 0 Å². The maximum atomic E-state index is 13.3. The quantitative estimate of drug-likeness (QED) is 0.716. The van der Waals surface area contributed by atoms with Crippen LogP contribution in [0.1, 0.15) is 45.7 Å². The Hall–Kier alpha value is -3.36. The van der Waals surface area contributed by atoms with Crippen LogP contribution in [-0.2, 0) is 11.0 Å². The van der Waals surface area contributed by atoms with Gasteiger partial charge in [0.15, 0.2) is 0 Å². The van der Waals surface area contributed by atoms with Crippen molar-refractivity contribution in [2.45, 2.75) is 33.0 Å². The fraction of sp³-hybridized carbons (Fsp3) is 0.400. The van der Waals surface area contributed by atoms with Crippen molar-refractivity contribution in [3.05, 3.63) is 70.8 Å². The number of halogens is 3. The Morgan fingerprint density at radius 3 is 2.12 bits per heavy atom. The number of carbonyl (C=O) groups is 3. The molecule has 3 amide bonds. The van der Waals surface area contributed by atoms with Gasteiger partial charge in [-0.25, -0.2) is 0 Å². The molecule has 1 atom stereocenters. The number of aryl methyl sites for hydroxylation is 1. The van der Waals surface area contributed by atoms with Gasteiger partial charge in [-0.3, -0.25) is 14.4 Å². The van der Waals surface area contributed by atoms with E-state index in [0.717, 1.165) is 17.7 Å². The van der Waals surface area contributed by atoms with Crippen molar-refractivity contribution in [1.82, 2.24) is 15.1 Å². The number of nitrogens with zero attached hydrogens (tertiary/aromatic N) is 2. The predicted molar refractivity (Wildman–Crippen MR) is 121 cm³/mol. The Bertz CT molecular complexity index is 1060. The molecule has 1 N–H and O–H groups in total. The van der Waals surface area contributed by atoms with Gasteiger partial charge in [-0.05, 0) is 37.1 Å². The molecule has 1 fully saturated rings. The Balaban J connectivity index is 1.66. The Kier molecular flexibility index (Phi) is 7.64. The number of alkyl halides is 3. The van der Waals surface area contributed by atoms with Crippen molar-refractivity contribution in [2.75, 3.05) is 26.2 Å². The molecule has 2 aromatic rings. The number of hydrogen-bond donors (Lipinski definition) is 1. The summed E-state index contributed by atoms with van der Waals surface area (Å²) in [7, 11) is 0. The Morgan fingerprint density at radius 2 is 1.53 bits per heavy atom. The zero-order valence-electron chi connectivity index (χ0n) is 19.4. The topological polar surface area (TPSA) is 69.7 Å². The lowest BCUT2D eigenvalue weighted by molar-refractivity contribution is -0.138. The fourth-order valence-electron chi connectivity index (χ4n) is 3.94. The summed E-state index contributed by atoms with van der Waals surface area (Å²) in [5, 5.41) is 2.81. The number of rotatable bonds is 5. The van der Waals surface area contributed by atoms with Crippen LogP contribution in [0.2, 0.25) is 0 Å². The summed E-state index contributed by atoms with van der Waals surface area (Å²) in [6.07, 6.45) is -4.63. The average molecular weight is 476 g/mol. The first-order chi connectivity index (χ1) is 16.0. The number of nitrogens with one attached hydrogen (secondary N) is 1. The first kappa shape index (κ1) is 25.3. The second-order valence-electron chi connectivity index (χ2n) is 8.73. The lowest BCUT2D eigenvalue weighted by atomic mass is 10.0. The van der Waals surface area contributed by atoms with E-state index in [2.05, 4.69) is 5.32 Å². The van der Waals surface area contributed by atoms with E-state index in [1.54, 1.807) is 23.1 Å². The van der Waals surface area contributed by atoms with Gasteiger partial charge in [-0.2, -0.15) is 13.2 Å². The molecule has 34 heavy (non-hydrogen) atoms. The lowest BCUT2D eigenvalue weighted by Gasteiger charge is -2.37. The molecule has 182 valence electrons. The minimum absolute atomic E-state index is 0.105. The highest BCUT2D eigenvalue weighted by molar-refractivity contribution is 5.98. The molecule has 0 spiro atoms. The molecule has 0 aliphatic carbocycles. The third kappa shape index (κ3) is 5.76. The van der Waals surface area contributed by atoms with Gasteiger partial charge in [0.1, 0.15) is 6.04 Å². The zero-order chi connectivity index (χ0) is 25.0. The molecular formula is C25H28F3N3O3. The highest BCUT2D eigenvalue weighted by Gasteiger charge is 2.37. The van der Waals surface area contributed by atoms with E-state index in [4.69, 9.17) is 0 Å². The third-order valence-corrected chi connectivity index (χ3v) is 5.84.